The first-order chi connectivity index (χ1) is 9.66. The average Bonchev–Trinajstić information content (AvgIpc) is 2.85. The number of nitrogens with zero attached hydrogens (tertiary/aromatic N) is 2. The topological polar surface area (TPSA) is 64.9 Å². The van der Waals surface area contributed by atoms with E-state index < -0.39 is 0 Å². The van der Waals surface area contributed by atoms with Crippen LogP contribution in [0.25, 0.3) is 22.4 Å². The van der Waals surface area contributed by atoms with Gasteiger partial charge in [0.1, 0.15) is 5.69 Å². The highest BCUT2D eigenvalue weighted by Crippen LogP contribution is 2.38. The van der Waals surface area contributed by atoms with Crippen molar-refractivity contribution in [3.63, 3.8) is 0 Å². The monoisotopic (exact) mass is 305 g/mol. The van der Waals surface area contributed by atoms with Crippen LogP contribution in [0, 0.1) is 0 Å². The second kappa shape index (κ2) is 5.15. The predicted molar refractivity (Wildman–Crippen MR) is 79.6 cm³/mol. The Labute approximate surface area is 125 Å². The Morgan fingerprint density at radius 2 is 1.70 bits per heavy atom. The number of pyridine rings is 1. The van der Waals surface area contributed by atoms with E-state index in [-0.39, 0.29) is 5.88 Å². The lowest BCUT2D eigenvalue weighted by Gasteiger charge is -2.04. The fourth-order valence-electron chi connectivity index (χ4n) is 1.94. The summed E-state index contributed by atoms with van der Waals surface area (Å²) in [4.78, 5) is 3.98. The third kappa shape index (κ3) is 2.24. The molecule has 3 aromatic rings. The second-order valence-electron chi connectivity index (χ2n) is 4.14. The number of hydrogen-bond acceptors (Lipinski definition) is 4. The summed E-state index contributed by atoms with van der Waals surface area (Å²) < 4.78 is 5.11. The fraction of sp³-hybridized carbons (Fsp3) is 0. The van der Waals surface area contributed by atoms with Crippen molar-refractivity contribution in [1.29, 1.82) is 0 Å². The molecule has 0 saturated heterocycles. The Balaban J connectivity index is 2.19. The molecule has 0 aliphatic rings. The first-order valence-corrected chi connectivity index (χ1v) is 6.53. The van der Waals surface area contributed by atoms with Gasteiger partial charge >= 0.3 is 0 Å². The smallest absolute Gasteiger partial charge is 0.230 e. The molecule has 100 valence electrons. The minimum Gasteiger partial charge on any atom is -0.367 e. The van der Waals surface area contributed by atoms with E-state index in [1.165, 1.54) is 0 Å². The summed E-state index contributed by atoms with van der Waals surface area (Å²) in [6.07, 6.45) is 3.36. The maximum Gasteiger partial charge on any atom is 0.230 e. The van der Waals surface area contributed by atoms with Crippen molar-refractivity contribution in [2.24, 2.45) is 0 Å². The Morgan fingerprint density at radius 1 is 0.950 bits per heavy atom. The number of hydrogen-bond donors (Lipinski definition) is 1. The van der Waals surface area contributed by atoms with E-state index in [0.717, 1.165) is 11.1 Å². The summed E-state index contributed by atoms with van der Waals surface area (Å²) >= 11 is 12.0. The predicted octanol–water partition coefficient (Wildman–Crippen LogP) is 4.29. The van der Waals surface area contributed by atoms with Gasteiger partial charge < -0.3 is 10.3 Å². The van der Waals surface area contributed by atoms with Crippen molar-refractivity contribution in [2.75, 3.05) is 5.73 Å². The van der Waals surface area contributed by atoms with Crippen molar-refractivity contribution >= 4 is 29.1 Å². The number of rotatable bonds is 2. The van der Waals surface area contributed by atoms with Gasteiger partial charge in [-0.2, -0.15) is 0 Å². The molecule has 0 radical (unpaired) electrons. The van der Waals surface area contributed by atoms with Crippen LogP contribution in [0.3, 0.4) is 0 Å². The molecule has 3 rings (SSSR count). The number of benzene rings is 1. The highest BCUT2D eigenvalue weighted by atomic mass is 35.5. The van der Waals surface area contributed by atoms with Gasteiger partial charge in [0.15, 0.2) is 0 Å². The number of halogens is 2. The Hall–Kier alpha value is -2.04. The van der Waals surface area contributed by atoms with Crippen LogP contribution in [-0.4, -0.2) is 10.1 Å². The zero-order chi connectivity index (χ0) is 14.1. The van der Waals surface area contributed by atoms with Crippen molar-refractivity contribution in [1.82, 2.24) is 10.1 Å². The molecule has 0 fully saturated rings. The normalized spacial score (nSPS) is 10.7. The highest BCUT2D eigenvalue weighted by molar-refractivity contribution is 6.42. The molecule has 0 aliphatic heterocycles. The van der Waals surface area contributed by atoms with Crippen LogP contribution in [0.5, 0.6) is 0 Å². The minimum absolute atomic E-state index is 0.232. The van der Waals surface area contributed by atoms with Crippen LogP contribution >= 0.6 is 23.2 Å². The van der Waals surface area contributed by atoms with Gasteiger partial charge in [0, 0.05) is 18.0 Å². The van der Waals surface area contributed by atoms with Gasteiger partial charge in [-0.3, -0.25) is 4.98 Å². The summed E-state index contributed by atoms with van der Waals surface area (Å²) in [6.45, 7) is 0. The van der Waals surface area contributed by atoms with E-state index in [9.17, 15) is 0 Å². The summed E-state index contributed by atoms with van der Waals surface area (Å²) in [5.41, 5.74) is 8.87. The van der Waals surface area contributed by atoms with Crippen LogP contribution in [-0.2, 0) is 0 Å². The molecule has 4 nitrogen and oxygen atoms in total. The first kappa shape index (κ1) is 13.0. The van der Waals surface area contributed by atoms with Gasteiger partial charge in [-0.15, -0.1) is 0 Å². The Kier molecular flexibility index (Phi) is 3.34. The van der Waals surface area contributed by atoms with Gasteiger partial charge in [-0.25, -0.2) is 0 Å². The van der Waals surface area contributed by atoms with Crippen molar-refractivity contribution in [3.05, 3.63) is 52.8 Å². The van der Waals surface area contributed by atoms with Crippen molar-refractivity contribution < 1.29 is 4.52 Å². The molecular formula is C14H9Cl2N3O. The van der Waals surface area contributed by atoms with E-state index in [1.54, 1.807) is 24.5 Å². The standard InChI is InChI=1S/C14H9Cl2N3O/c15-10-2-1-9(7-11(10)16)12-13(19-20-14(12)17)8-3-5-18-6-4-8/h1-7H,17H2. The van der Waals surface area contributed by atoms with Crippen LogP contribution in [0.2, 0.25) is 10.0 Å². The maximum atomic E-state index is 6.05. The molecule has 0 atom stereocenters. The van der Waals surface area contributed by atoms with E-state index in [4.69, 9.17) is 33.5 Å². The van der Waals surface area contributed by atoms with Crippen LogP contribution in [0.15, 0.2) is 47.2 Å². The number of nitrogen functional groups attached to an aromatic ring is 1. The molecule has 0 spiro atoms. The average molecular weight is 306 g/mol. The number of anilines is 1. The zero-order valence-corrected chi connectivity index (χ0v) is 11.7. The molecule has 20 heavy (non-hydrogen) atoms. The second-order valence-corrected chi connectivity index (χ2v) is 4.95. The van der Waals surface area contributed by atoms with E-state index >= 15 is 0 Å². The molecule has 0 aliphatic carbocycles. The lowest BCUT2D eigenvalue weighted by molar-refractivity contribution is 0.439. The van der Waals surface area contributed by atoms with Gasteiger partial charge in [0.2, 0.25) is 5.88 Å². The van der Waals surface area contributed by atoms with Crippen LogP contribution < -0.4 is 5.73 Å². The van der Waals surface area contributed by atoms with Crippen molar-refractivity contribution in [2.45, 2.75) is 0 Å². The molecule has 1 aromatic carbocycles. The van der Waals surface area contributed by atoms with Crippen LogP contribution in [0.4, 0.5) is 5.88 Å². The number of aromatic nitrogens is 2. The van der Waals surface area contributed by atoms with Crippen molar-refractivity contribution in [3.8, 4) is 22.4 Å². The summed E-state index contributed by atoms with van der Waals surface area (Å²) in [5, 5.41) is 4.94. The quantitative estimate of drug-likeness (QED) is 0.767. The lowest BCUT2D eigenvalue weighted by atomic mass is 10.0. The van der Waals surface area contributed by atoms with Gasteiger partial charge in [-0.05, 0) is 29.8 Å². The fourth-order valence-corrected chi connectivity index (χ4v) is 2.24. The largest absolute Gasteiger partial charge is 0.367 e. The third-order valence-corrected chi connectivity index (χ3v) is 3.62. The van der Waals surface area contributed by atoms with Gasteiger partial charge in [0.05, 0.1) is 15.6 Å². The lowest BCUT2D eigenvalue weighted by Crippen LogP contribution is -1.88. The first-order valence-electron chi connectivity index (χ1n) is 5.78. The number of nitrogens with two attached hydrogens (primary N) is 1. The third-order valence-electron chi connectivity index (χ3n) is 2.88. The highest BCUT2D eigenvalue weighted by Gasteiger charge is 2.18. The molecule has 0 saturated carbocycles. The molecule has 2 aromatic heterocycles. The Bertz CT molecular complexity index is 756. The molecule has 2 N–H and O–H groups in total. The molecule has 0 bridgehead atoms. The summed E-state index contributed by atoms with van der Waals surface area (Å²) in [7, 11) is 0. The van der Waals surface area contributed by atoms with Crippen LogP contribution in [0.1, 0.15) is 0 Å². The van der Waals surface area contributed by atoms with E-state index in [2.05, 4.69) is 10.1 Å². The van der Waals surface area contributed by atoms with E-state index in [0.29, 0.717) is 21.3 Å². The zero-order valence-electron chi connectivity index (χ0n) is 10.2. The molecular weight excluding hydrogens is 297 g/mol. The Morgan fingerprint density at radius 3 is 2.40 bits per heavy atom. The van der Waals surface area contributed by atoms with Gasteiger partial charge in [-0.1, -0.05) is 34.4 Å². The van der Waals surface area contributed by atoms with Gasteiger partial charge in [0.25, 0.3) is 0 Å². The SMILES string of the molecule is Nc1onc(-c2ccncc2)c1-c1ccc(Cl)c(Cl)c1. The summed E-state index contributed by atoms with van der Waals surface area (Å²) in [5.74, 6) is 0.232. The van der Waals surface area contributed by atoms with E-state index in [1.807, 2.05) is 18.2 Å². The summed E-state index contributed by atoms with van der Waals surface area (Å²) in [6, 6.07) is 8.93. The molecule has 6 heteroatoms. The molecule has 0 unspecified atom stereocenters. The molecule has 2 heterocycles. The maximum absolute atomic E-state index is 6.05. The minimum atomic E-state index is 0.232. The molecule has 0 amide bonds.